The standard InChI is InChI=1S/C11H15BrN2/c1-3-10(4-2)11(8-13,9-14)6-5-7-12/h3H,4-7H2,1-2H3/b10-3+. The maximum atomic E-state index is 9.11. The summed E-state index contributed by atoms with van der Waals surface area (Å²) in [6, 6.07) is 4.30. The number of allylic oxidation sites excluding steroid dienone is 2. The molecule has 0 radical (unpaired) electrons. The summed E-state index contributed by atoms with van der Waals surface area (Å²) < 4.78 is 0. The summed E-state index contributed by atoms with van der Waals surface area (Å²) in [4.78, 5) is 0. The van der Waals surface area contributed by atoms with E-state index in [0.29, 0.717) is 6.42 Å². The Morgan fingerprint density at radius 3 is 2.29 bits per heavy atom. The number of nitriles is 2. The van der Waals surface area contributed by atoms with E-state index in [4.69, 9.17) is 10.5 Å². The lowest BCUT2D eigenvalue weighted by atomic mass is 9.78. The molecule has 0 saturated heterocycles. The monoisotopic (exact) mass is 254 g/mol. The minimum atomic E-state index is -0.905. The lowest BCUT2D eigenvalue weighted by Crippen LogP contribution is -2.19. The molecule has 0 atom stereocenters. The quantitative estimate of drug-likeness (QED) is 0.557. The lowest BCUT2D eigenvalue weighted by Gasteiger charge is -2.20. The summed E-state index contributed by atoms with van der Waals surface area (Å²) in [7, 11) is 0. The van der Waals surface area contributed by atoms with Crippen molar-refractivity contribution in [3.63, 3.8) is 0 Å². The zero-order chi connectivity index (χ0) is 11.0. The van der Waals surface area contributed by atoms with Gasteiger partial charge in [-0.3, -0.25) is 0 Å². The molecule has 0 aromatic heterocycles. The molecular formula is C11H15BrN2. The number of halogens is 1. The summed E-state index contributed by atoms with van der Waals surface area (Å²) >= 11 is 3.32. The molecule has 0 fully saturated rings. The Bertz CT molecular complexity index is 267. The first-order valence-corrected chi connectivity index (χ1v) is 5.87. The van der Waals surface area contributed by atoms with Crippen molar-refractivity contribution in [3.8, 4) is 12.1 Å². The fourth-order valence-electron chi connectivity index (χ4n) is 1.53. The van der Waals surface area contributed by atoms with E-state index in [2.05, 4.69) is 28.1 Å². The molecule has 0 N–H and O–H groups in total. The van der Waals surface area contributed by atoms with Gasteiger partial charge in [-0.25, -0.2) is 0 Å². The molecule has 76 valence electrons. The Morgan fingerprint density at radius 2 is 2.00 bits per heavy atom. The van der Waals surface area contributed by atoms with Crippen LogP contribution in [0.3, 0.4) is 0 Å². The Morgan fingerprint density at radius 1 is 1.43 bits per heavy atom. The van der Waals surface area contributed by atoms with E-state index < -0.39 is 5.41 Å². The van der Waals surface area contributed by atoms with Crippen molar-refractivity contribution in [2.75, 3.05) is 5.33 Å². The van der Waals surface area contributed by atoms with Gasteiger partial charge in [0.25, 0.3) is 0 Å². The highest BCUT2D eigenvalue weighted by Gasteiger charge is 2.32. The predicted octanol–water partition coefficient (Wildman–Crippen LogP) is 3.55. The van der Waals surface area contributed by atoms with Crippen LogP contribution in [-0.2, 0) is 0 Å². The van der Waals surface area contributed by atoms with Gasteiger partial charge in [0.1, 0.15) is 0 Å². The van der Waals surface area contributed by atoms with E-state index in [1.807, 2.05) is 19.9 Å². The third-order valence-corrected chi connectivity index (χ3v) is 2.91. The summed E-state index contributed by atoms with van der Waals surface area (Å²) in [5.41, 5.74) is 0.0283. The van der Waals surface area contributed by atoms with Gasteiger partial charge in [-0.15, -0.1) is 0 Å². The van der Waals surface area contributed by atoms with Crippen molar-refractivity contribution in [3.05, 3.63) is 11.6 Å². The molecule has 14 heavy (non-hydrogen) atoms. The molecular weight excluding hydrogens is 240 g/mol. The molecule has 0 aromatic rings. The molecule has 0 amide bonds. The number of nitrogens with zero attached hydrogens (tertiary/aromatic N) is 2. The Hall–Kier alpha value is -0.800. The third kappa shape index (κ3) is 2.86. The summed E-state index contributed by atoms with van der Waals surface area (Å²) in [6.07, 6.45) is 4.11. The first-order valence-electron chi connectivity index (χ1n) is 4.74. The highest BCUT2D eigenvalue weighted by molar-refractivity contribution is 9.09. The van der Waals surface area contributed by atoms with E-state index in [1.54, 1.807) is 0 Å². The van der Waals surface area contributed by atoms with Gasteiger partial charge in [0, 0.05) is 5.33 Å². The summed E-state index contributed by atoms with van der Waals surface area (Å²) in [5.74, 6) is 0. The van der Waals surface area contributed by atoms with Crippen LogP contribution in [0, 0.1) is 28.1 Å². The van der Waals surface area contributed by atoms with Gasteiger partial charge >= 0.3 is 0 Å². The number of alkyl halides is 1. The molecule has 0 aromatic carbocycles. The summed E-state index contributed by atoms with van der Waals surface area (Å²) in [6.45, 7) is 3.86. The van der Waals surface area contributed by atoms with Gasteiger partial charge in [-0.2, -0.15) is 10.5 Å². The second kappa shape index (κ2) is 6.62. The Balaban J connectivity index is 4.91. The average molecular weight is 255 g/mol. The minimum Gasteiger partial charge on any atom is -0.196 e. The van der Waals surface area contributed by atoms with Crippen LogP contribution in [0.5, 0.6) is 0 Å². The van der Waals surface area contributed by atoms with Gasteiger partial charge in [0.15, 0.2) is 5.41 Å². The van der Waals surface area contributed by atoms with Gasteiger partial charge in [0.2, 0.25) is 0 Å². The normalized spacial score (nSPS) is 11.9. The van der Waals surface area contributed by atoms with E-state index in [1.165, 1.54) is 0 Å². The average Bonchev–Trinajstić information content (AvgIpc) is 2.24. The third-order valence-electron chi connectivity index (χ3n) is 2.34. The first kappa shape index (κ1) is 13.2. The minimum absolute atomic E-state index is 0.610. The van der Waals surface area contributed by atoms with Crippen LogP contribution in [0.1, 0.15) is 33.1 Å². The highest BCUT2D eigenvalue weighted by Crippen LogP contribution is 2.33. The van der Waals surface area contributed by atoms with Crippen molar-refractivity contribution < 1.29 is 0 Å². The molecule has 0 aliphatic heterocycles. The van der Waals surface area contributed by atoms with Gasteiger partial charge < -0.3 is 0 Å². The van der Waals surface area contributed by atoms with Crippen LogP contribution < -0.4 is 0 Å². The number of hydrogen-bond acceptors (Lipinski definition) is 2. The maximum absolute atomic E-state index is 9.11. The molecule has 2 nitrogen and oxygen atoms in total. The second-order valence-electron chi connectivity index (χ2n) is 3.09. The summed E-state index contributed by atoms with van der Waals surface area (Å²) in [5, 5.41) is 19.0. The van der Waals surface area contributed by atoms with Crippen LogP contribution in [0.25, 0.3) is 0 Å². The van der Waals surface area contributed by atoms with E-state index in [-0.39, 0.29) is 0 Å². The first-order chi connectivity index (χ1) is 6.70. The largest absolute Gasteiger partial charge is 0.196 e. The van der Waals surface area contributed by atoms with Crippen molar-refractivity contribution in [1.82, 2.24) is 0 Å². The molecule has 0 bridgehead atoms. The number of rotatable bonds is 5. The molecule has 0 saturated carbocycles. The number of hydrogen-bond donors (Lipinski definition) is 0. The van der Waals surface area contributed by atoms with Crippen molar-refractivity contribution in [2.24, 2.45) is 5.41 Å². The molecule has 0 aliphatic carbocycles. The van der Waals surface area contributed by atoms with Crippen LogP contribution in [0.15, 0.2) is 11.6 Å². The van der Waals surface area contributed by atoms with E-state index >= 15 is 0 Å². The molecule has 0 rings (SSSR count). The van der Waals surface area contributed by atoms with E-state index in [9.17, 15) is 0 Å². The van der Waals surface area contributed by atoms with Crippen LogP contribution in [-0.4, -0.2) is 5.33 Å². The molecule has 0 aliphatic rings. The molecule has 0 spiro atoms. The van der Waals surface area contributed by atoms with Gasteiger partial charge in [0.05, 0.1) is 12.1 Å². The van der Waals surface area contributed by atoms with Crippen molar-refractivity contribution >= 4 is 15.9 Å². The predicted molar refractivity (Wildman–Crippen MR) is 60.7 cm³/mol. The molecule has 0 unspecified atom stereocenters. The highest BCUT2D eigenvalue weighted by atomic mass is 79.9. The Kier molecular flexibility index (Phi) is 6.25. The van der Waals surface area contributed by atoms with Gasteiger partial charge in [-0.1, -0.05) is 28.9 Å². The van der Waals surface area contributed by atoms with Crippen molar-refractivity contribution in [2.45, 2.75) is 33.1 Å². The van der Waals surface area contributed by atoms with Crippen LogP contribution in [0.2, 0.25) is 0 Å². The van der Waals surface area contributed by atoms with Gasteiger partial charge in [-0.05, 0) is 31.8 Å². The fourth-order valence-corrected chi connectivity index (χ4v) is 1.81. The SMILES string of the molecule is C/C=C(\CC)C(C#N)(C#N)CCCBr. The van der Waals surface area contributed by atoms with Crippen LogP contribution >= 0.6 is 15.9 Å². The maximum Gasteiger partial charge on any atom is 0.164 e. The van der Waals surface area contributed by atoms with Crippen LogP contribution in [0.4, 0.5) is 0 Å². The lowest BCUT2D eigenvalue weighted by molar-refractivity contribution is 0.535. The molecule has 3 heteroatoms. The second-order valence-corrected chi connectivity index (χ2v) is 3.88. The Labute approximate surface area is 94.4 Å². The smallest absolute Gasteiger partial charge is 0.164 e. The zero-order valence-electron chi connectivity index (χ0n) is 8.68. The van der Waals surface area contributed by atoms with E-state index in [0.717, 1.165) is 23.7 Å². The zero-order valence-corrected chi connectivity index (χ0v) is 10.3. The topological polar surface area (TPSA) is 47.6 Å². The fraction of sp³-hybridized carbons (Fsp3) is 0.636. The van der Waals surface area contributed by atoms with Crippen molar-refractivity contribution in [1.29, 1.82) is 10.5 Å². The molecule has 0 heterocycles.